The molecule has 37 heavy (non-hydrogen) atoms. The zero-order valence-corrected chi connectivity index (χ0v) is 23.1. The first kappa shape index (κ1) is 25.7. The zero-order chi connectivity index (χ0) is 26.1. The lowest BCUT2D eigenvalue weighted by molar-refractivity contribution is 0.162. The van der Waals surface area contributed by atoms with Crippen LogP contribution in [0.15, 0.2) is 48.5 Å². The Labute approximate surface area is 226 Å². The van der Waals surface area contributed by atoms with Gasteiger partial charge in [-0.05, 0) is 92.5 Å². The molecule has 0 spiro atoms. The van der Waals surface area contributed by atoms with Crippen LogP contribution in [0.25, 0.3) is 0 Å². The van der Waals surface area contributed by atoms with E-state index in [-0.39, 0.29) is 11.8 Å². The minimum absolute atomic E-state index is 0.289. The van der Waals surface area contributed by atoms with Gasteiger partial charge in [0, 0.05) is 42.2 Å². The second kappa shape index (κ2) is 10.8. The molecule has 2 atom stereocenters. The van der Waals surface area contributed by atoms with Gasteiger partial charge in [0.2, 0.25) is 0 Å². The van der Waals surface area contributed by atoms with Gasteiger partial charge in [-0.15, -0.1) is 11.6 Å². The second-order valence-corrected chi connectivity index (χ2v) is 11.1. The fraction of sp³-hybridized carbons (Fsp3) is 0.406. The molecule has 5 heteroatoms. The van der Waals surface area contributed by atoms with Crippen molar-refractivity contribution < 1.29 is 9.53 Å². The van der Waals surface area contributed by atoms with E-state index in [9.17, 15) is 4.79 Å². The van der Waals surface area contributed by atoms with Gasteiger partial charge < -0.3 is 9.64 Å². The number of hydrogen-bond acceptors (Lipinski definition) is 3. The van der Waals surface area contributed by atoms with Crippen LogP contribution in [0.5, 0.6) is 0 Å². The highest BCUT2D eigenvalue weighted by Crippen LogP contribution is 2.50. The van der Waals surface area contributed by atoms with Crippen LogP contribution < -0.4 is 10.2 Å². The Kier molecular flexibility index (Phi) is 7.48. The number of alkyl halides is 1. The lowest BCUT2D eigenvalue weighted by Crippen LogP contribution is -2.38. The Morgan fingerprint density at radius 3 is 1.89 bits per heavy atom. The number of carbonyl (C=O) groups excluding carboxylic acids is 1. The number of ether oxygens (including phenoxy) is 1. The Morgan fingerprint density at radius 2 is 1.41 bits per heavy atom. The van der Waals surface area contributed by atoms with Crippen LogP contribution in [0.4, 0.5) is 16.2 Å². The summed E-state index contributed by atoms with van der Waals surface area (Å²) in [5, 5.41) is 3.03. The van der Waals surface area contributed by atoms with Crippen molar-refractivity contribution in [1.29, 1.82) is 0 Å². The number of amides is 1. The minimum Gasteiger partial charge on any atom is -0.449 e. The summed E-state index contributed by atoms with van der Waals surface area (Å²) in [6.45, 7) is 11.1. The first-order valence-corrected chi connectivity index (χ1v) is 14.0. The average Bonchev–Trinajstić information content (AvgIpc) is 2.85. The number of anilines is 2. The summed E-state index contributed by atoms with van der Waals surface area (Å²) >= 11 is 5.76. The maximum atomic E-state index is 12.6. The predicted octanol–water partition coefficient (Wildman–Crippen LogP) is 7.98. The van der Waals surface area contributed by atoms with Gasteiger partial charge in [-0.1, -0.05) is 47.5 Å². The second-order valence-electron chi connectivity index (χ2n) is 10.7. The van der Waals surface area contributed by atoms with E-state index in [2.05, 4.69) is 86.4 Å². The van der Waals surface area contributed by atoms with E-state index in [0.29, 0.717) is 18.9 Å². The zero-order valence-electron chi connectivity index (χ0n) is 22.4. The molecule has 2 unspecified atom stereocenters. The van der Waals surface area contributed by atoms with Crippen LogP contribution in [0.3, 0.4) is 0 Å². The van der Waals surface area contributed by atoms with Gasteiger partial charge in [0.25, 0.3) is 0 Å². The van der Waals surface area contributed by atoms with Crippen molar-refractivity contribution in [2.24, 2.45) is 0 Å². The molecule has 0 radical (unpaired) electrons. The smallest absolute Gasteiger partial charge is 0.411 e. The quantitative estimate of drug-likeness (QED) is 0.267. The molecule has 3 aromatic carbocycles. The molecule has 0 aliphatic carbocycles. The third-order valence-electron chi connectivity index (χ3n) is 7.97. The van der Waals surface area contributed by atoms with Gasteiger partial charge in [0.05, 0.1) is 6.61 Å². The van der Waals surface area contributed by atoms with Crippen molar-refractivity contribution in [3.05, 3.63) is 93.0 Å². The topological polar surface area (TPSA) is 41.6 Å². The highest BCUT2D eigenvalue weighted by Gasteiger charge is 2.36. The first-order valence-electron chi connectivity index (χ1n) is 13.4. The molecule has 2 aliphatic rings. The van der Waals surface area contributed by atoms with Gasteiger partial charge in [-0.2, -0.15) is 0 Å². The number of hydrogen-bond donors (Lipinski definition) is 1. The third kappa shape index (κ3) is 5.22. The van der Waals surface area contributed by atoms with Crippen LogP contribution in [0.2, 0.25) is 0 Å². The minimum atomic E-state index is -0.424. The summed E-state index contributed by atoms with van der Waals surface area (Å²) in [4.78, 5) is 15.2. The molecule has 2 heterocycles. The van der Waals surface area contributed by atoms with Crippen molar-refractivity contribution in [1.82, 2.24) is 0 Å². The van der Waals surface area contributed by atoms with E-state index in [1.807, 2.05) is 0 Å². The van der Waals surface area contributed by atoms with Crippen LogP contribution in [0, 0.1) is 27.7 Å². The van der Waals surface area contributed by atoms with Crippen molar-refractivity contribution >= 4 is 29.1 Å². The molecule has 1 N–H and O–H groups in total. The van der Waals surface area contributed by atoms with Crippen molar-refractivity contribution in [2.75, 3.05) is 35.8 Å². The number of halogens is 1. The molecule has 0 bridgehead atoms. The van der Waals surface area contributed by atoms with E-state index in [0.717, 1.165) is 31.6 Å². The molecule has 1 amide bonds. The average molecular weight is 517 g/mol. The van der Waals surface area contributed by atoms with E-state index >= 15 is 0 Å². The lowest BCUT2D eigenvalue weighted by Gasteiger charge is -2.43. The maximum Gasteiger partial charge on any atom is 0.411 e. The van der Waals surface area contributed by atoms with Crippen molar-refractivity contribution in [3.63, 3.8) is 0 Å². The van der Waals surface area contributed by atoms with Gasteiger partial charge in [0.15, 0.2) is 0 Å². The number of nitrogens with one attached hydrogen (secondary N) is 1. The highest BCUT2D eigenvalue weighted by molar-refractivity contribution is 6.17. The SMILES string of the molecule is Cc1ccc(C2CCN3CCC(c4ccc(C)cc4C)c4cc(NC(=O)OCCCCl)cc2c43)c(C)c1. The predicted molar refractivity (Wildman–Crippen MR) is 154 cm³/mol. The van der Waals surface area contributed by atoms with Crippen molar-refractivity contribution in [2.45, 2.75) is 58.8 Å². The maximum absolute atomic E-state index is 12.6. The number of rotatable bonds is 6. The summed E-state index contributed by atoms with van der Waals surface area (Å²) in [5.74, 6) is 1.05. The Balaban J connectivity index is 1.62. The van der Waals surface area contributed by atoms with Gasteiger partial charge in [-0.25, -0.2) is 4.79 Å². The number of benzene rings is 3. The monoisotopic (exact) mass is 516 g/mol. The van der Waals surface area contributed by atoms with Crippen LogP contribution in [0.1, 0.15) is 75.6 Å². The summed E-state index contributed by atoms with van der Waals surface area (Å²) in [6, 6.07) is 18.0. The van der Waals surface area contributed by atoms with Gasteiger partial charge >= 0.3 is 6.09 Å². The molecule has 5 rings (SSSR count). The Bertz CT molecular complexity index is 1230. The molecular formula is C32H37ClN2O2. The molecule has 2 aliphatic heterocycles. The Morgan fingerprint density at radius 1 is 0.865 bits per heavy atom. The Hall–Kier alpha value is -2.98. The number of nitrogens with zero attached hydrogens (tertiary/aromatic N) is 1. The molecule has 3 aromatic rings. The molecule has 0 saturated heterocycles. The van der Waals surface area contributed by atoms with Gasteiger partial charge in [0.1, 0.15) is 0 Å². The summed E-state index contributed by atoms with van der Waals surface area (Å²) in [5.41, 5.74) is 12.7. The normalized spacial score (nSPS) is 18.4. The fourth-order valence-corrected chi connectivity index (χ4v) is 6.43. The summed E-state index contributed by atoms with van der Waals surface area (Å²) in [7, 11) is 0. The van der Waals surface area contributed by atoms with Gasteiger partial charge in [-0.3, -0.25) is 5.32 Å². The number of carbonyl (C=O) groups is 1. The molecule has 194 valence electrons. The molecule has 0 saturated carbocycles. The first-order chi connectivity index (χ1) is 17.9. The van der Waals surface area contributed by atoms with E-state index < -0.39 is 6.09 Å². The summed E-state index contributed by atoms with van der Waals surface area (Å²) in [6.07, 6.45) is 2.34. The fourth-order valence-electron chi connectivity index (χ4n) is 6.32. The largest absolute Gasteiger partial charge is 0.449 e. The van der Waals surface area contributed by atoms with Crippen molar-refractivity contribution in [3.8, 4) is 0 Å². The van der Waals surface area contributed by atoms with Crippen LogP contribution in [-0.4, -0.2) is 31.7 Å². The lowest BCUT2D eigenvalue weighted by atomic mass is 9.75. The van der Waals surface area contributed by atoms with E-state index in [4.69, 9.17) is 16.3 Å². The molecule has 0 aromatic heterocycles. The molecule has 4 nitrogen and oxygen atoms in total. The summed E-state index contributed by atoms with van der Waals surface area (Å²) < 4.78 is 5.38. The van der Waals surface area contributed by atoms with E-state index in [1.165, 1.54) is 50.2 Å². The standard InChI is InChI=1S/C32H37ClN2O2/c1-20-6-8-25(22(3)16-20)27-10-13-35-14-11-28(26-9-7-21(2)17-23(26)4)30-19-24(18-29(27)31(30)35)34-32(36)37-15-5-12-33/h6-9,16-19,27-28H,5,10-15H2,1-4H3,(H,34,36). The van der Waals surface area contributed by atoms with Crippen LogP contribution in [-0.2, 0) is 4.74 Å². The molecular weight excluding hydrogens is 480 g/mol. The molecule has 0 fully saturated rings. The number of aryl methyl sites for hydroxylation is 4. The van der Waals surface area contributed by atoms with Crippen LogP contribution >= 0.6 is 11.6 Å². The van der Waals surface area contributed by atoms with E-state index in [1.54, 1.807) is 0 Å². The highest BCUT2D eigenvalue weighted by atomic mass is 35.5. The third-order valence-corrected chi connectivity index (χ3v) is 8.24.